The zero-order chi connectivity index (χ0) is 18.6. The quantitative estimate of drug-likeness (QED) is 0.360. The maximum atomic E-state index is 4.00. The minimum atomic E-state index is 0.559. The second kappa shape index (κ2) is 21.5. The molecule has 2 aliphatic carbocycles. The van der Waals surface area contributed by atoms with Crippen LogP contribution in [0, 0.1) is 24.7 Å². The summed E-state index contributed by atoms with van der Waals surface area (Å²) in [4.78, 5) is 0. The van der Waals surface area contributed by atoms with Gasteiger partial charge in [-0.2, -0.15) is 39.8 Å². The fourth-order valence-corrected chi connectivity index (χ4v) is 2.81. The first kappa shape index (κ1) is 26.7. The van der Waals surface area contributed by atoms with Crippen molar-refractivity contribution >= 4 is 0 Å². The molecule has 2 nitrogen and oxygen atoms in total. The van der Waals surface area contributed by atoms with Crippen LogP contribution in [0.2, 0.25) is 0 Å². The SMILES string of the molecule is CC(C)[N]=[Ta].CCC1CC[CH-]CC1.CCC1CC[CH-]CC1.C[N-]C. The molecule has 0 N–H and O–H groups in total. The number of hydrogen-bond acceptors (Lipinski definition) is 1. The molecule has 0 aromatic carbocycles. The van der Waals surface area contributed by atoms with E-state index in [1.807, 2.05) is 0 Å². The van der Waals surface area contributed by atoms with Crippen molar-refractivity contribution in [3.05, 3.63) is 18.2 Å². The average Bonchev–Trinajstić information content (AvgIpc) is 2.64. The van der Waals surface area contributed by atoms with Crippen molar-refractivity contribution < 1.29 is 20.9 Å². The molecule has 145 valence electrons. The Morgan fingerprint density at radius 1 is 0.875 bits per heavy atom. The van der Waals surface area contributed by atoms with Gasteiger partial charge in [-0.25, -0.2) is 0 Å². The van der Waals surface area contributed by atoms with Gasteiger partial charge in [-0.15, -0.1) is 0 Å². The van der Waals surface area contributed by atoms with E-state index in [4.69, 9.17) is 0 Å². The summed E-state index contributed by atoms with van der Waals surface area (Å²) < 4.78 is 4.00. The minimum absolute atomic E-state index is 0.559. The fourth-order valence-electron chi connectivity index (χ4n) is 2.81. The summed E-state index contributed by atoms with van der Waals surface area (Å²) in [6.07, 6.45) is 19.0. The standard InChI is InChI=1S/2C8H15.C3H7N.C2H6N.Ta/c2*1-2-8-6-4-3-5-7-8;1-3(2)4;1-3-2;/h2*3,8H,2,4-7H2,1H3;3H,1-2H3;1-2H3;/q2*-1;;-1;. The second-order valence-corrected chi connectivity index (χ2v) is 7.92. The smallest absolute Gasteiger partial charge is 0.0465 e. The summed E-state index contributed by atoms with van der Waals surface area (Å²) in [5.41, 5.74) is 0. The molecule has 0 bridgehead atoms. The molecular formula is C21H43N2Ta-3. The first-order valence-corrected chi connectivity index (χ1v) is 11.4. The molecule has 0 heterocycles. The van der Waals surface area contributed by atoms with Gasteiger partial charge in [-0.05, 0) is 11.8 Å². The van der Waals surface area contributed by atoms with E-state index < -0.39 is 0 Å². The Morgan fingerprint density at radius 3 is 1.25 bits per heavy atom. The van der Waals surface area contributed by atoms with Crippen molar-refractivity contribution in [1.82, 2.24) is 0 Å². The van der Waals surface area contributed by atoms with Crippen LogP contribution in [0.25, 0.3) is 5.32 Å². The predicted molar refractivity (Wildman–Crippen MR) is 106 cm³/mol. The van der Waals surface area contributed by atoms with Crippen LogP contribution < -0.4 is 0 Å². The Kier molecular flexibility index (Phi) is 24.0. The van der Waals surface area contributed by atoms with Crippen molar-refractivity contribution in [3.8, 4) is 0 Å². The van der Waals surface area contributed by atoms with Crippen LogP contribution in [0.5, 0.6) is 0 Å². The van der Waals surface area contributed by atoms with E-state index in [1.54, 1.807) is 14.1 Å². The molecular weight excluding hydrogens is 461 g/mol. The molecule has 2 saturated carbocycles. The van der Waals surface area contributed by atoms with Crippen LogP contribution in [0.15, 0.2) is 3.34 Å². The fraction of sp³-hybridized carbons (Fsp3) is 0.905. The summed E-state index contributed by atoms with van der Waals surface area (Å²) in [5.74, 6) is 2.11. The van der Waals surface area contributed by atoms with Gasteiger partial charge < -0.3 is 18.2 Å². The Morgan fingerprint density at radius 2 is 1.12 bits per heavy atom. The molecule has 0 amide bonds. The minimum Gasteiger partial charge on any atom is -0.668 e. The van der Waals surface area contributed by atoms with Gasteiger partial charge in [0.15, 0.2) is 0 Å². The molecule has 0 atom stereocenters. The number of rotatable bonds is 3. The summed E-state index contributed by atoms with van der Waals surface area (Å²) in [6, 6.07) is 0.559. The second-order valence-electron chi connectivity index (χ2n) is 7.09. The molecule has 2 rings (SSSR count). The Balaban J connectivity index is 0. The molecule has 2 fully saturated rings. The molecule has 0 aromatic heterocycles. The molecule has 0 aromatic rings. The number of hydrogen-bond donors (Lipinski definition) is 0. The average molecular weight is 505 g/mol. The topological polar surface area (TPSA) is 26.5 Å². The monoisotopic (exact) mass is 504 g/mol. The molecule has 0 spiro atoms. The Bertz CT molecular complexity index is 214. The molecule has 0 saturated heterocycles. The number of nitrogens with zero attached hydrogens (tertiary/aromatic N) is 2. The zero-order valence-corrected chi connectivity index (χ0v) is 20.5. The molecule has 0 aliphatic heterocycles. The van der Waals surface area contributed by atoms with E-state index in [2.05, 4.69) is 49.2 Å². The van der Waals surface area contributed by atoms with Gasteiger partial charge in [0.05, 0.1) is 0 Å². The largest absolute Gasteiger partial charge is 0.668 e. The van der Waals surface area contributed by atoms with Crippen molar-refractivity contribution in [2.75, 3.05) is 14.1 Å². The van der Waals surface area contributed by atoms with Gasteiger partial charge in [0, 0.05) is 0 Å². The van der Waals surface area contributed by atoms with E-state index in [-0.39, 0.29) is 0 Å². The predicted octanol–water partition coefficient (Wildman–Crippen LogP) is 7.33. The maximum Gasteiger partial charge on any atom is -0.0465 e. The summed E-state index contributed by atoms with van der Waals surface area (Å²) in [7, 11) is 3.50. The van der Waals surface area contributed by atoms with Crippen LogP contribution >= 0.6 is 0 Å². The first-order chi connectivity index (χ1) is 11.5. The third-order valence-corrected chi connectivity index (χ3v) is 6.16. The summed E-state index contributed by atoms with van der Waals surface area (Å²) in [6.45, 7) is 8.77. The van der Waals surface area contributed by atoms with Crippen molar-refractivity contribution in [1.29, 1.82) is 0 Å². The van der Waals surface area contributed by atoms with Gasteiger partial charge in [0.25, 0.3) is 0 Å². The van der Waals surface area contributed by atoms with Crippen molar-refractivity contribution in [2.24, 2.45) is 15.2 Å². The molecule has 0 radical (unpaired) electrons. The van der Waals surface area contributed by atoms with Gasteiger partial charge in [-0.3, -0.25) is 0 Å². The molecule has 3 heteroatoms. The van der Waals surface area contributed by atoms with E-state index in [9.17, 15) is 0 Å². The van der Waals surface area contributed by atoms with Crippen LogP contribution in [0.1, 0.15) is 91.9 Å². The normalized spacial score (nSPS) is 18.2. The maximum absolute atomic E-state index is 4.00. The molecule has 2 aliphatic rings. The van der Waals surface area contributed by atoms with Crippen LogP contribution in [-0.4, -0.2) is 20.1 Å². The van der Waals surface area contributed by atoms with Crippen molar-refractivity contribution in [3.63, 3.8) is 0 Å². The van der Waals surface area contributed by atoms with Gasteiger partial charge >= 0.3 is 44.1 Å². The van der Waals surface area contributed by atoms with Gasteiger partial charge in [0.2, 0.25) is 0 Å². The molecule has 24 heavy (non-hydrogen) atoms. The van der Waals surface area contributed by atoms with Crippen molar-refractivity contribution in [2.45, 2.75) is 97.9 Å². The van der Waals surface area contributed by atoms with Gasteiger partial charge in [-0.1, -0.05) is 52.4 Å². The van der Waals surface area contributed by atoms with Crippen LogP contribution in [-0.2, 0) is 20.9 Å². The summed E-state index contributed by atoms with van der Waals surface area (Å²) in [5, 5.41) is 3.50. The van der Waals surface area contributed by atoms with E-state index in [1.165, 1.54) is 64.2 Å². The van der Waals surface area contributed by atoms with Gasteiger partial charge in [0.1, 0.15) is 0 Å². The van der Waals surface area contributed by atoms with E-state index in [0.717, 1.165) is 32.7 Å². The van der Waals surface area contributed by atoms with Crippen LogP contribution in [0.3, 0.4) is 0 Å². The molecule has 0 unspecified atom stereocenters. The van der Waals surface area contributed by atoms with E-state index in [0.29, 0.717) is 6.04 Å². The first-order valence-electron chi connectivity index (χ1n) is 10.0. The van der Waals surface area contributed by atoms with E-state index >= 15 is 0 Å². The van der Waals surface area contributed by atoms with Crippen LogP contribution in [0.4, 0.5) is 0 Å². The third kappa shape index (κ3) is 20.5. The zero-order valence-electron chi connectivity index (χ0n) is 17.3. The Hall–Kier alpha value is 0.500. The summed E-state index contributed by atoms with van der Waals surface area (Å²) >= 11 is 1.16. The third-order valence-electron chi connectivity index (χ3n) is 4.50. The Labute approximate surface area is 166 Å².